The highest BCUT2D eigenvalue weighted by molar-refractivity contribution is 5.90. The quantitative estimate of drug-likeness (QED) is 0.567. The van der Waals surface area contributed by atoms with Crippen LogP contribution >= 0.6 is 0 Å². The molecule has 0 aromatic heterocycles. The first kappa shape index (κ1) is 12.8. The Morgan fingerprint density at radius 2 is 2.06 bits per heavy atom. The SMILES string of the molecule is CCOC(=O)c1ccc(N)c(OCC(N)=O)c1. The monoisotopic (exact) mass is 238 g/mol. The number of amides is 1. The number of anilines is 1. The van der Waals surface area contributed by atoms with Crippen LogP contribution in [0.1, 0.15) is 17.3 Å². The lowest BCUT2D eigenvalue weighted by Crippen LogP contribution is -2.20. The predicted octanol–water partition coefficient (Wildman–Crippen LogP) is 0.310. The Kier molecular flexibility index (Phi) is 4.33. The third-order valence-corrected chi connectivity index (χ3v) is 1.89. The Labute approximate surface area is 98.5 Å². The molecule has 0 heterocycles. The van der Waals surface area contributed by atoms with Crippen LogP contribution < -0.4 is 16.2 Å². The van der Waals surface area contributed by atoms with Gasteiger partial charge in [0.15, 0.2) is 6.61 Å². The Morgan fingerprint density at radius 1 is 1.35 bits per heavy atom. The molecular weight excluding hydrogens is 224 g/mol. The second kappa shape index (κ2) is 5.74. The van der Waals surface area contributed by atoms with Crippen LogP contribution in [-0.4, -0.2) is 25.1 Å². The van der Waals surface area contributed by atoms with E-state index in [0.29, 0.717) is 11.3 Å². The van der Waals surface area contributed by atoms with E-state index >= 15 is 0 Å². The summed E-state index contributed by atoms with van der Waals surface area (Å²) >= 11 is 0. The summed E-state index contributed by atoms with van der Waals surface area (Å²) in [7, 11) is 0. The molecule has 0 saturated heterocycles. The molecule has 0 fully saturated rings. The fourth-order valence-corrected chi connectivity index (χ4v) is 1.15. The van der Waals surface area contributed by atoms with Crippen LogP contribution in [0.3, 0.4) is 0 Å². The fourth-order valence-electron chi connectivity index (χ4n) is 1.15. The molecule has 0 aliphatic rings. The zero-order chi connectivity index (χ0) is 12.8. The van der Waals surface area contributed by atoms with Crippen molar-refractivity contribution in [2.75, 3.05) is 18.9 Å². The molecule has 6 nitrogen and oxygen atoms in total. The van der Waals surface area contributed by atoms with Gasteiger partial charge in [-0.1, -0.05) is 0 Å². The van der Waals surface area contributed by atoms with Crippen molar-refractivity contribution in [2.45, 2.75) is 6.92 Å². The maximum absolute atomic E-state index is 11.4. The lowest BCUT2D eigenvalue weighted by Gasteiger charge is -2.09. The number of carbonyl (C=O) groups excluding carboxylic acids is 2. The molecule has 0 unspecified atom stereocenters. The predicted molar refractivity (Wildman–Crippen MR) is 61.5 cm³/mol. The molecule has 0 radical (unpaired) electrons. The van der Waals surface area contributed by atoms with E-state index in [4.69, 9.17) is 20.9 Å². The average Bonchev–Trinajstić information content (AvgIpc) is 2.28. The highest BCUT2D eigenvalue weighted by Crippen LogP contribution is 2.23. The van der Waals surface area contributed by atoms with E-state index in [2.05, 4.69) is 0 Å². The number of carbonyl (C=O) groups is 2. The topological polar surface area (TPSA) is 105 Å². The maximum Gasteiger partial charge on any atom is 0.338 e. The van der Waals surface area contributed by atoms with Gasteiger partial charge in [0.2, 0.25) is 0 Å². The van der Waals surface area contributed by atoms with Crippen molar-refractivity contribution in [2.24, 2.45) is 5.73 Å². The summed E-state index contributed by atoms with van der Waals surface area (Å²) in [6, 6.07) is 4.43. The number of hydrogen-bond acceptors (Lipinski definition) is 5. The van der Waals surface area contributed by atoms with Gasteiger partial charge in [-0.2, -0.15) is 0 Å². The zero-order valence-corrected chi connectivity index (χ0v) is 9.43. The van der Waals surface area contributed by atoms with Gasteiger partial charge in [0.1, 0.15) is 5.75 Å². The van der Waals surface area contributed by atoms with Crippen LogP contribution in [0.5, 0.6) is 5.75 Å². The lowest BCUT2D eigenvalue weighted by atomic mass is 10.2. The van der Waals surface area contributed by atoms with E-state index in [0.717, 1.165) is 0 Å². The molecule has 0 aliphatic heterocycles. The van der Waals surface area contributed by atoms with Crippen LogP contribution in [0.4, 0.5) is 5.69 Å². The number of nitrogens with two attached hydrogens (primary N) is 2. The molecule has 0 aliphatic carbocycles. The Morgan fingerprint density at radius 3 is 2.65 bits per heavy atom. The van der Waals surface area contributed by atoms with Gasteiger partial charge in [-0.15, -0.1) is 0 Å². The second-order valence-electron chi connectivity index (χ2n) is 3.23. The van der Waals surface area contributed by atoms with Gasteiger partial charge in [-0.05, 0) is 25.1 Å². The molecule has 92 valence electrons. The first-order chi connectivity index (χ1) is 8.04. The van der Waals surface area contributed by atoms with E-state index in [1.807, 2.05) is 0 Å². The molecule has 0 saturated carbocycles. The van der Waals surface area contributed by atoms with E-state index in [1.54, 1.807) is 6.92 Å². The fraction of sp³-hybridized carbons (Fsp3) is 0.273. The number of rotatable bonds is 5. The van der Waals surface area contributed by atoms with E-state index in [9.17, 15) is 9.59 Å². The standard InChI is InChI=1S/C11H14N2O4/c1-2-16-11(15)7-3-4-8(12)9(5-7)17-6-10(13)14/h3-5H,2,6,12H2,1H3,(H2,13,14). The Bertz CT molecular complexity index is 431. The maximum atomic E-state index is 11.4. The molecule has 0 bridgehead atoms. The normalized spacial score (nSPS) is 9.71. The van der Waals surface area contributed by atoms with Crippen molar-refractivity contribution >= 4 is 17.6 Å². The number of esters is 1. The van der Waals surface area contributed by atoms with Crippen LogP contribution in [0.15, 0.2) is 18.2 Å². The molecule has 1 aromatic carbocycles. The minimum Gasteiger partial charge on any atom is -0.482 e. The minimum atomic E-state index is -0.620. The molecule has 1 aromatic rings. The molecular formula is C11H14N2O4. The third-order valence-electron chi connectivity index (χ3n) is 1.89. The van der Waals surface area contributed by atoms with Crippen LogP contribution in [0.2, 0.25) is 0 Å². The number of hydrogen-bond donors (Lipinski definition) is 2. The summed E-state index contributed by atoms with van der Waals surface area (Å²) in [6.45, 7) is 1.69. The largest absolute Gasteiger partial charge is 0.482 e. The van der Waals surface area contributed by atoms with Gasteiger partial charge in [0, 0.05) is 0 Å². The summed E-state index contributed by atoms with van der Waals surface area (Å²) in [5, 5.41) is 0. The van der Waals surface area contributed by atoms with Crippen LogP contribution in [-0.2, 0) is 9.53 Å². The van der Waals surface area contributed by atoms with Gasteiger partial charge in [-0.25, -0.2) is 4.79 Å². The van der Waals surface area contributed by atoms with Crippen molar-refractivity contribution in [3.05, 3.63) is 23.8 Å². The molecule has 0 spiro atoms. The Hall–Kier alpha value is -2.24. The van der Waals surface area contributed by atoms with E-state index < -0.39 is 11.9 Å². The highest BCUT2D eigenvalue weighted by atomic mass is 16.5. The number of benzene rings is 1. The zero-order valence-electron chi connectivity index (χ0n) is 9.43. The molecule has 1 rings (SSSR count). The molecule has 0 atom stereocenters. The Balaban J connectivity index is 2.86. The number of ether oxygens (including phenoxy) is 2. The van der Waals surface area contributed by atoms with Crippen molar-refractivity contribution in [3.8, 4) is 5.75 Å². The molecule has 6 heteroatoms. The summed E-state index contributed by atoms with van der Waals surface area (Å²) in [6.07, 6.45) is 0. The second-order valence-corrected chi connectivity index (χ2v) is 3.23. The lowest BCUT2D eigenvalue weighted by molar-refractivity contribution is -0.119. The third kappa shape index (κ3) is 3.67. The number of nitrogen functional groups attached to an aromatic ring is 1. The highest BCUT2D eigenvalue weighted by Gasteiger charge is 2.10. The molecule has 4 N–H and O–H groups in total. The number of primary amides is 1. The smallest absolute Gasteiger partial charge is 0.338 e. The van der Waals surface area contributed by atoms with E-state index in [-0.39, 0.29) is 19.0 Å². The van der Waals surface area contributed by atoms with Crippen molar-refractivity contribution in [1.29, 1.82) is 0 Å². The summed E-state index contributed by atoms with van der Waals surface area (Å²) in [5.41, 5.74) is 11.2. The van der Waals surface area contributed by atoms with E-state index in [1.165, 1.54) is 18.2 Å². The van der Waals surface area contributed by atoms with Crippen molar-refractivity contribution in [1.82, 2.24) is 0 Å². The average molecular weight is 238 g/mol. The van der Waals surface area contributed by atoms with Gasteiger partial charge in [0.25, 0.3) is 5.91 Å². The van der Waals surface area contributed by atoms with Crippen molar-refractivity contribution < 1.29 is 19.1 Å². The van der Waals surface area contributed by atoms with Gasteiger partial charge >= 0.3 is 5.97 Å². The first-order valence-corrected chi connectivity index (χ1v) is 5.02. The molecule has 17 heavy (non-hydrogen) atoms. The summed E-state index contributed by atoms with van der Waals surface area (Å²) < 4.78 is 9.88. The van der Waals surface area contributed by atoms with Crippen LogP contribution in [0.25, 0.3) is 0 Å². The minimum absolute atomic E-state index is 0.231. The van der Waals surface area contributed by atoms with Crippen LogP contribution in [0, 0.1) is 0 Å². The van der Waals surface area contributed by atoms with Gasteiger partial charge in [-0.3, -0.25) is 4.79 Å². The summed E-state index contributed by atoms with van der Waals surface area (Å²) in [4.78, 5) is 22.0. The van der Waals surface area contributed by atoms with Gasteiger partial charge in [0.05, 0.1) is 17.9 Å². The first-order valence-electron chi connectivity index (χ1n) is 5.02. The van der Waals surface area contributed by atoms with Crippen molar-refractivity contribution in [3.63, 3.8) is 0 Å². The summed E-state index contributed by atoms with van der Waals surface area (Å²) in [5.74, 6) is -0.864. The van der Waals surface area contributed by atoms with Gasteiger partial charge < -0.3 is 20.9 Å². The molecule has 1 amide bonds.